The number of rotatable bonds is 7. The third-order valence-corrected chi connectivity index (χ3v) is 10.0. The number of halogens is 3. The number of anilines is 1. The molecule has 2 saturated carbocycles. The van der Waals surface area contributed by atoms with Crippen LogP contribution in [0.2, 0.25) is 0 Å². The van der Waals surface area contributed by atoms with Crippen LogP contribution >= 0.6 is 0 Å². The molecule has 3 heterocycles. The minimum Gasteiger partial charge on any atom is -0.418 e. The van der Waals surface area contributed by atoms with E-state index < -0.39 is 51.1 Å². The van der Waals surface area contributed by atoms with E-state index in [1.54, 1.807) is 24.3 Å². The third-order valence-electron chi connectivity index (χ3n) is 8.20. The normalized spacial score (nSPS) is 21.5. The van der Waals surface area contributed by atoms with Crippen LogP contribution in [0.5, 0.6) is 0 Å². The van der Waals surface area contributed by atoms with Crippen molar-refractivity contribution >= 4 is 21.4 Å². The lowest BCUT2D eigenvalue weighted by Gasteiger charge is -2.28. The molecular weight excluding hydrogens is 603 g/mol. The number of sulfone groups is 1. The van der Waals surface area contributed by atoms with Crippen molar-refractivity contribution in [3.8, 4) is 22.8 Å². The molecule has 1 amide bonds. The third kappa shape index (κ3) is 4.86. The molecule has 0 spiro atoms. The first-order chi connectivity index (χ1) is 20.8. The van der Waals surface area contributed by atoms with Crippen molar-refractivity contribution in [3.05, 3.63) is 59.8 Å². The highest BCUT2D eigenvalue weighted by atomic mass is 32.2. The van der Waals surface area contributed by atoms with E-state index in [-0.39, 0.29) is 41.4 Å². The van der Waals surface area contributed by atoms with E-state index in [0.717, 1.165) is 12.8 Å². The summed E-state index contributed by atoms with van der Waals surface area (Å²) in [4.78, 5) is 18.9. The molecular formula is C28H26F3N7O5S. The zero-order valence-electron chi connectivity index (χ0n) is 23.0. The number of aromatic nitrogens is 4. The second kappa shape index (κ2) is 9.93. The Kier molecular flexibility index (Phi) is 6.46. The zero-order valence-corrected chi connectivity index (χ0v) is 23.8. The van der Waals surface area contributed by atoms with Gasteiger partial charge in [0.2, 0.25) is 29.4 Å². The van der Waals surface area contributed by atoms with Gasteiger partial charge in [-0.25, -0.2) is 8.42 Å². The molecule has 2 aliphatic carbocycles. The molecule has 1 aliphatic heterocycles. The van der Waals surface area contributed by atoms with Gasteiger partial charge in [-0.3, -0.25) is 4.79 Å². The molecule has 16 heteroatoms. The predicted molar refractivity (Wildman–Crippen MR) is 147 cm³/mol. The average Bonchev–Trinajstić information content (AvgIpc) is 3.92. The summed E-state index contributed by atoms with van der Waals surface area (Å²) in [5, 5.41) is 11.4. The maximum absolute atomic E-state index is 14.0. The first kappa shape index (κ1) is 28.6. The quantitative estimate of drug-likeness (QED) is 0.305. The maximum atomic E-state index is 14.0. The van der Waals surface area contributed by atoms with Crippen molar-refractivity contribution in [2.45, 2.75) is 60.8 Å². The highest BCUT2D eigenvalue weighted by Crippen LogP contribution is 2.52. The van der Waals surface area contributed by atoms with Gasteiger partial charge in [-0.15, -0.1) is 10.2 Å². The first-order valence-corrected chi connectivity index (χ1v) is 15.6. The number of hydrogen-bond acceptors (Lipinski definition) is 11. The Morgan fingerprint density at radius 3 is 2.36 bits per heavy atom. The van der Waals surface area contributed by atoms with Crippen LogP contribution in [0.1, 0.15) is 48.9 Å². The van der Waals surface area contributed by atoms with E-state index >= 15 is 0 Å². The van der Waals surface area contributed by atoms with Gasteiger partial charge in [0, 0.05) is 17.0 Å². The fourth-order valence-corrected chi connectivity index (χ4v) is 6.93. The van der Waals surface area contributed by atoms with Gasteiger partial charge in [0.05, 0.1) is 28.9 Å². The fourth-order valence-electron chi connectivity index (χ4n) is 5.37. The summed E-state index contributed by atoms with van der Waals surface area (Å²) in [6.45, 7) is -0.0604. The molecule has 0 radical (unpaired) electrons. The smallest absolute Gasteiger partial charge is 0.415 e. The molecule has 4 N–H and O–H groups in total. The van der Waals surface area contributed by atoms with Gasteiger partial charge in [-0.05, 0) is 55.4 Å². The van der Waals surface area contributed by atoms with Crippen molar-refractivity contribution in [1.29, 1.82) is 0 Å². The Bertz CT molecular complexity index is 1870. The molecule has 3 aliphatic rings. The summed E-state index contributed by atoms with van der Waals surface area (Å²) in [7, 11) is -4.02. The molecule has 2 fully saturated rings. The van der Waals surface area contributed by atoms with Gasteiger partial charge >= 0.3 is 6.18 Å². The molecule has 12 nitrogen and oxygen atoms in total. The Labute approximate surface area is 248 Å². The Balaban J connectivity index is 1.23. The van der Waals surface area contributed by atoms with Crippen LogP contribution in [0.25, 0.3) is 22.8 Å². The van der Waals surface area contributed by atoms with Gasteiger partial charge in [-0.2, -0.15) is 18.2 Å². The standard InChI is InChI=1S/C28H26F3N7O5S/c29-28(30,31)27(33,18-8-9-18)26-36-35-24(42-26)17-7-10-21-20(11-17)38(25(39)19(32)13-44(21,40)41)12-14-1-3-15(4-2-14)22-34-23(43-37-22)16-5-6-16/h1-4,7,10-11,16,18-19H,5-6,8-9,12-13,32-33H2/t19-,27?/m0/s1. The van der Waals surface area contributed by atoms with Crippen molar-refractivity contribution in [3.63, 3.8) is 0 Å². The number of hydrogen-bond donors (Lipinski definition) is 2. The summed E-state index contributed by atoms with van der Waals surface area (Å²) in [5.41, 5.74) is 10.4. The summed E-state index contributed by atoms with van der Waals surface area (Å²) < 4.78 is 79.1. The summed E-state index contributed by atoms with van der Waals surface area (Å²) in [5.74, 6) is -1.94. The van der Waals surface area contributed by atoms with E-state index in [1.165, 1.54) is 23.1 Å². The number of fused-ring (bicyclic) bond motifs is 1. The SMILES string of the molecule is N[C@H]1CS(=O)(=O)c2ccc(-c3nnc(C(N)(C4CC4)C(F)(F)F)o3)cc2N(Cc2ccc(-c3noc(C4CC4)n3)cc2)C1=O. The van der Waals surface area contributed by atoms with Crippen LogP contribution < -0.4 is 16.4 Å². The lowest BCUT2D eigenvalue weighted by atomic mass is 9.94. The number of carbonyl (C=O) groups excluding carboxylic acids is 1. The predicted octanol–water partition coefficient (Wildman–Crippen LogP) is 3.44. The fraction of sp³-hybridized carbons (Fsp3) is 0.393. The molecule has 0 saturated heterocycles. The van der Waals surface area contributed by atoms with E-state index in [9.17, 15) is 26.4 Å². The van der Waals surface area contributed by atoms with Crippen LogP contribution in [0.15, 0.2) is 56.3 Å². The van der Waals surface area contributed by atoms with Crippen LogP contribution in [0.4, 0.5) is 18.9 Å². The highest BCUT2D eigenvalue weighted by molar-refractivity contribution is 7.91. The average molecular weight is 630 g/mol. The number of carbonyl (C=O) groups is 1. The largest absolute Gasteiger partial charge is 0.418 e. The highest BCUT2D eigenvalue weighted by Gasteiger charge is 2.64. The van der Waals surface area contributed by atoms with Crippen molar-refractivity contribution < 1.29 is 35.3 Å². The first-order valence-electron chi connectivity index (χ1n) is 13.9. The van der Waals surface area contributed by atoms with Gasteiger partial charge in [-0.1, -0.05) is 29.4 Å². The van der Waals surface area contributed by atoms with Gasteiger partial charge < -0.3 is 25.3 Å². The summed E-state index contributed by atoms with van der Waals surface area (Å²) >= 11 is 0. The Morgan fingerprint density at radius 2 is 1.70 bits per heavy atom. The number of benzene rings is 2. The van der Waals surface area contributed by atoms with Crippen LogP contribution in [-0.2, 0) is 26.7 Å². The molecule has 2 aromatic heterocycles. The monoisotopic (exact) mass is 629 g/mol. The van der Waals surface area contributed by atoms with Gasteiger partial charge in [0.25, 0.3) is 0 Å². The number of amides is 1. The van der Waals surface area contributed by atoms with Crippen molar-refractivity contribution in [2.24, 2.45) is 17.4 Å². The van der Waals surface area contributed by atoms with E-state index in [0.29, 0.717) is 28.8 Å². The number of nitrogens with zero attached hydrogens (tertiary/aromatic N) is 5. The molecule has 2 aromatic carbocycles. The van der Waals surface area contributed by atoms with Crippen molar-refractivity contribution in [2.75, 3.05) is 10.7 Å². The summed E-state index contributed by atoms with van der Waals surface area (Å²) in [6.07, 6.45) is -2.28. The second-order valence-corrected chi connectivity index (χ2v) is 13.5. The minimum atomic E-state index is -4.84. The van der Waals surface area contributed by atoms with Crippen LogP contribution in [0.3, 0.4) is 0 Å². The molecule has 4 aromatic rings. The maximum Gasteiger partial charge on any atom is 0.415 e. The summed E-state index contributed by atoms with van der Waals surface area (Å²) in [6, 6.07) is 9.53. The Morgan fingerprint density at radius 1 is 1.00 bits per heavy atom. The minimum absolute atomic E-state index is 0.0199. The molecule has 2 atom stereocenters. The van der Waals surface area contributed by atoms with Gasteiger partial charge in [0.15, 0.2) is 15.4 Å². The van der Waals surface area contributed by atoms with Crippen LogP contribution in [0, 0.1) is 5.92 Å². The molecule has 230 valence electrons. The lowest BCUT2D eigenvalue weighted by molar-refractivity contribution is -0.202. The Hall–Kier alpha value is -4.15. The van der Waals surface area contributed by atoms with E-state index in [4.69, 9.17) is 20.4 Å². The van der Waals surface area contributed by atoms with Crippen LogP contribution in [-0.4, -0.2) is 52.6 Å². The molecule has 44 heavy (non-hydrogen) atoms. The second-order valence-electron chi connectivity index (χ2n) is 11.5. The van der Waals surface area contributed by atoms with E-state index in [1.807, 2.05) is 0 Å². The zero-order chi connectivity index (χ0) is 31.0. The molecule has 7 rings (SSSR count). The molecule has 1 unspecified atom stereocenters. The number of nitrogens with two attached hydrogens (primary N) is 2. The van der Waals surface area contributed by atoms with E-state index in [2.05, 4.69) is 20.3 Å². The molecule has 0 bridgehead atoms. The van der Waals surface area contributed by atoms with Crippen molar-refractivity contribution in [1.82, 2.24) is 20.3 Å². The number of alkyl halides is 3. The topological polar surface area (TPSA) is 184 Å². The lowest BCUT2D eigenvalue weighted by Crippen LogP contribution is -2.52. The van der Waals surface area contributed by atoms with Gasteiger partial charge in [0.1, 0.15) is 0 Å².